The van der Waals surface area contributed by atoms with Crippen molar-refractivity contribution in [1.82, 2.24) is 19.4 Å². The summed E-state index contributed by atoms with van der Waals surface area (Å²) in [4.78, 5) is 4.49. The molecule has 0 aromatic carbocycles. The fourth-order valence-corrected chi connectivity index (χ4v) is 4.94. The Kier molecular flexibility index (Phi) is 4.22. The summed E-state index contributed by atoms with van der Waals surface area (Å²) < 4.78 is 25.3. The van der Waals surface area contributed by atoms with Crippen LogP contribution in [-0.2, 0) is 10.0 Å². The van der Waals surface area contributed by atoms with Gasteiger partial charge in [-0.3, -0.25) is 4.90 Å². The van der Waals surface area contributed by atoms with Gasteiger partial charge in [0.1, 0.15) is 0 Å². The highest BCUT2D eigenvalue weighted by Gasteiger charge is 2.33. The van der Waals surface area contributed by atoms with Crippen molar-refractivity contribution in [2.24, 2.45) is 0 Å². The first-order valence-electron chi connectivity index (χ1n) is 8.79. The topological polar surface area (TPSA) is 69.6 Å². The molecule has 24 heavy (non-hydrogen) atoms. The summed E-state index contributed by atoms with van der Waals surface area (Å²) in [5, 5.41) is 8.69. The maximum Gasteiger partial charge on any atom is 0.214 e. The molecule has 0 atom stereocenters. The summed E-state index contributed by atoms with van der Waals surface area (Å²) in [6, 6.07) is 4.64. The molecule has 0 unspecified atom stereocenters. The van der Waals surface area contributed by atoms with E-state index in [1.165, 1.54) is 12.8 Å². The summed E-state index contributed by atoms with van der Waals surface area (Å²) in [5.74, 6) is 1.90. The minimum atomic E-state index is -2.98. The maximum absolute atomic E-state index is 11.8. The Hall–Kier alpha value is -1.25. The van der Waals surface area contributed by atoms with E-state index in [0.29, 0.717) is 30.8 Å². The van der Waals surface area contributed by atoms with Gasteiger partial charge in [0.05, 0.1) is 11.4 Å². The van der Waals surface area contributed by atoms with Gasteiger partial charge in [-0.25, -0.2) is 12.7 Å². The molecule has 2 saturated heterocycles. The minimum Gasteiger partial charge on any atom is -0.352 e. The van der Waals surface area contributed by atoms with Crippen molar-refractivity contribution < 1.29 is 8.42 Å². The Balaban J connectivity index is 1.24. The van der Waals surface area contributed by atoms with Crippen molar-refractivity contribution in [1.29, 1.82) is 0 Å². The number of sulfonamides is 1. The van der Waals surface area contributed by atoms with Gasteiger partial charge in [0.15, 0.2) is 5.82 Å². The van der Waals surface area contributed by atoms with Gasteiger partial charge in [-0.1, -0.05) is 0 Å². The number of hydrogen-bond donors (Lipinski definition) is 0. The fourth-order valence-electron chi connectivity index (χ4n) is 3.42. The van der Waals surface area contributed by atoms with E-state index in [1.807, 2.05) is 0 Å². The molecule has 1 saturated carbocycles. The van der Waals surface area contributed by atoms with E-state index < -0.39 is 10.0 Å². The molecule has 0 radical (unpaired) electrons. The number of likely N-dealkylation sites (N-methyl/N-ethyl adjacent to an activating group) is 1. The van der Waals surface area contributed by atoms with Crippen LogP contribution in [0.2, 0.25) is 0 Å². The number of rotatable bonds is 6. The highest BCUT2D eigenvalue weighted by atomic mass is 32.2. The fraction of sp³-hybridized carbons (Fsp3) is 0.750. The Labute approximate surface area is 143 Å². The Morgan fingerprint density at radius 2 is 2.04 bits per heavy atom. The summed E-state index contributed by atoms with van der Waals surface area (Å²) >= 11 is 0. The van der Waals surface area contributed by atoms with Gasteiger partial charge in [-0.15, -0.1) is 5.10 Å². The van der Waals surface area contributed by atoms with Gasteiger partial charge < -0.3 is 4.90 Å². The third-order valence-corrected chi connectivity index (χ3v) is 7.34. The van der Waals surface area contributed by atoms with E-state index in [4.69, 9.17) is 0 Å². The van der Waals surface area contributed by atoms with Gasteiger partial charge in [0, 0.05) is 44.7 Å². The largest absolute Gasteiger partial charge is 0.352 e. The lowest BCUT2D eigenvalue weighted by molar-refractivity contribution is 0.193. The smallest absolute Gasteiger partial charge is 0.214 e. The predicted molar refractivity (Wildman–Crippen MR) is 92.6 cm³/mol. The van der Waals surface area contributed by atoms with Gasteiger partial charge in [0.25, 0.3) is 0 Å². The van der Waals surface area contributed by atoms with Crippen LogP contribution < -0.4 is 4.90 Å². The average molecular weight is 351 g/mol. The maximum atomic E-state index is 11.8. The van der Waals surface area contributed by atoms with Crippen LogP contribution in [0.15, 0.2) is 12.1 Å². The van der Waals surface area contributed by atoms with Crippen LogP contribution >= 0.6 is 0 Å². The molecule has 7 nitrogen and oxygen atoms in total. The predicted octanol–water partition coefficient (Wildman–Crippen LogP) is 0.510. The van der Waals surface area contributed by atoms with Crippen molar-refractivity contribution in [3.8, 4) is 0 Å². The molecule has 1 aromatic heterocycles. The van der Waals surface area contributed by atoms with Gasteiger partial charge >= 0.3 is 0 Å². The molecule has 8 heteroatoms. The Morgan fingerprint density at radius 3 is 2.62 bits per heavy atom. The highest BCUT2D eigenvalue weighted by Crippen LogP contribution is 2.38. The quantitative estimate of drug-likeness (QED) is 0.744. The molecule has 3 heterocycles. The average Bonchev–Trinajstić information content (AvgIpc) is 3.29. The molecule has 3 aliphatic rings. The summed E-state index contributed by atoms with van der Waals surface area (Å²) in [7, 11) is -0.903. The number of nitrogens with zero attached hydrogens (tertiary/aromatic N) is 5. The third-order valence-electron chi connectivity index (χ3n) is 5.38. The molecule has 132 valence electrons. The lowest BCUT2D eigenvalue weighted by Gasteiger charge is -2.44. The Morgan fingerprint density at radius 1 is 1.25 bits per heavy atom. The molecule has 1 aromatic rings. The van der Waals surface area contributed by atoms with E-state index in [-0.39, 0.29) is 0 Å². The standard InChI is InChI=1S/C16H25N5O2S/c1-19(8-9-21-7-2-10-24(21,22)23)14-11-20(12-14)16-6-5-15(17-18-16)13-3-4-13/h5-6,13-14H,2-4,7-12H2,1H3. The van der Waals surface area contributed by atoms with Crippen LogP contribution in [0, 0.1) is 0 Å². The number of anilines is 1. The van der Waals surface area contributed by atoms with Crippen LogP contribution in [0.25, 0.3) is 0 Å². The molecule has 4 rings (SSSR count). The SMILES string of the molecule is CN(CCN1CCCS1(=O)=O)C1CN(c2ccc(C3CC3)nn2)C1. The van der Waals surface area contributed by atoms with Crippen molar-refractivity contribution in [2.45, 2.75) is 31.2 Å². The van der Waals surface area contributed by atoms with Crippen molar-refractivity contribution in [2.75, 3.05) is 50.4 Å². The second-order valence-corrected chi connectivity index (χ2v) is 9.29. The van der Waals surface area contributed by atoms with E-state index in [2.05, 4.69) is 39.2 Å². The molecule has 0 bridgehead atoms. The molecule has 0 N–H and O–H groups in total. The summed E-state index contributed by atoms with van der Waals surface area (Å²) in [5.41, 5.74) is 1.12. The van der Waals surface area contributed by atoms with Crippen molar-refractivity contribution >= 4 is 15.8 Å². The second kappa shape index (κ2) is 6.24. The molecule has 0 spiro atoms. The zero-order valence-corrected chi connectivity index (χ0v) is 15.0. The van der Waals surface area contributed by atoms with Crippen LogP contribution in [0.4, 0.5) is 5.82 Å². The monoisotopic (exact) mass is 351 g/mol. The molecular weight excluding hydrogens is 326 g/mol. The third kappa shape index (κ3) is 3.27. The van der Waals surface area contributed by atoms with E-state index >= 15 is 0 Å². The number of hydrogen-bond acceptors (Lipinski definition) is 6. The normalized spacial score (nSPS) is 24.5. The van der Waals surface area contributed by atoms with Crippen molar-refractivity contribution in [3.63, 3.8) is 0 Å². The first-order valence-corrected chi connectivity index (χ1v) is 10.4. The lowest BCUT2D eigenvalue weighted by atomic mass is 10.1. The molecule has 1 aliphatic carbocycles. The summed E-state index contributed by atoms with van der Waals surface area (Å²) in [6.07, 6.45) is 3.26. The van der Waals surface area contributed by atoms with E-state index in [0.717, 1.165) is 37.6 Å². The van der Waals surface area contributed by atoms with E-state index in [9.17, 15) is 8.42 Å². The zero-order valence-electron chi connectivity index (χ0n) is 14.1. The van der Waals surface area contributed by atoms with Gasteiger partial charge in [-0.05, 0) is 38.4 Å². The molecule has 2 aliphatic heterocycles. The number of aromatic nitrogens is 2. The minimum absolute atomic E-state index is 0.309. The van der Waals surface area contributed by atoms with Crippen molar-refractivity contribution in [3.05, 3.63) is 17.8 Å². The second-order valence-electron chi connectivity index (χ2n) is 7.20. The van der Waals surface area contributed by atoms with Gasteiger partial charge in [-0.2, -0.15) is 5.10 Å². The van der Waals surface area contributed by atoms with E-state index in [1.54, 1.807) is 4.31 Å². The van der Waals surface area contributed by atoms with Crippen LogP contribution in [0.5, 0.6) is 0 Å². The Bertz CT molecular complexity index is 683. The molecular formula is C16H25N5O2S. The summed E-state index contributed by atoms with van der Waals surface area (Å²) in [6.45, 7) is 3.92. The van der Waals surface area contributed by atoms with Crippen LogP contribution in [0.1, 0.15) is 30.9 Å². The lowest BCUT2D eigenvalue weighted by Crippen LogP contribution is -2.59. The first kappa shape index (κ1) is 16.2. The zero-order chi connectivity index (χ0) is 16.7. The first-order chi connectivity index (χ1) is 11.5. The highest BCUT2D eigenvalue weighted by molar-refractivity contribution is 7.89. The molecule has 0 amide bonds. The van der Waals surface area contributed by atoms with Crippen LogP contribution in [0.3, 0.4) is 0 Å². The van der Waals surface area contributed by atoms with Crippen LogP contribution in [-0.4, -0.2) is 79.4 Å². The molecule has 3 fully saturated rings. The van der Waals surface area contributed by atoms with Gasteiger partial charge in [0.2, 0.25) is 10.0 Å².